The molecule has 1 aliphatic rings. The maximum absolute atomic E-state index is 12.2. The van der Waals surface area contributed by atoms with Crippen molar-refractivity contribution in [2.45, 2.75) is 22.8 Å². The fraction of sp³-hybridized carbons (Fsp3) is 0.238. The van der Waals surface area contributed by atoms with Crippen LogP contribution in [-0.4, -0.2) is 61.2 Å². The lowest BCUT2D eigenvalue weighted by molar-refractivity contribution is 0.485. The van der Waals surface area contributed by atoms with E-state index in [-0.39, 0.29) is 20.1 Å². The zero-order valence-corrected chi connectivity index (χ0v) is 24.7. The van der Waals surface area contributed by atoms with Crippen LogP contribution in [0.15, 0.2) is 75.4 Å². The van der Waals surface area contributed by atoms with Crippen LogP contribution in [0.4, 0.5) is 16.0 Å². The second-order valence-electron chi connectivity index (χ2n) is 7.95. The summed E-state index contributed by atoms with van der Waals surface area (Å²) in [6.45, 7) is 4.89. The molecule has 3 heterocycles. The van der Waals surface area contributed by atoms with Gasteiger partial charge >= 0.3 is 0 Å². The van der Waals surface area contributed by atoms with Crippen molar-refractivity contribution in [3.8, 4) is 0 Å². The van der Waals surface area contributed by atoms with Gasteiger partial charge in [0.25, 0.3) is 20.0 Å². The number of nitrogens with one attached hydrogen (secondary N) is 3. The minimum atomic E-state index is -3.61. The third kappa shape index (κ3) is 7.67. The fourth-order valence-electron chi connectivity index (χ4n) is 3.40. The van der Waals surface area contributed by atoms with Gasteiger partial charge in [0.1, 0.15) is 12.7 Å². The normalized spacial score (nSPS) is 15.8. The van der Waals surface area contributed by atoms with Gasteiger partial charge in [0.2, 0.25) is 10.3 Å². The SMILES string of the molecule is CC1CN(c2ccc(S(=O)(=O)Nc3ncns3)cc2)CCN1.O=S(=O)(Nc1ncns1)c1ccc(Br)cc1. The standard InChI is InChI=1S/C13H17N5O2S2.C8H6BrN3O2S2/c1-10-8-18(7-6-14-10)11-2-4-12(5-3-11)22(19,20)17-13-15-9-16-21-13;9-6-1-3-7(4-2-6)16(13,14)12-8-10-5-11-15-8/h2-5,9-10,14H,6-8H2,1H3,(H,15,16,17);1-5H,(H,10,11,12). The van der Waals surface area contributed by atoms with Gasteiger partial charge in [-0.05, 0) is 55.5 Å². The first kappa shape index (κ1) is 28.3. The first-order valence-electron chi connectivity index (χ1n) is 11.1. The molecule has 0 radical (unpaired) electrons. The molecule has 4 aromatic rings. The van der Waals surface area contributed by atoms with Crippen LogP contribution < -0.4 is 19.7 Å². The van der Waals surface area contributed by atoms with E-state index in [1.54, 1.807) is 24.3 Å². The molecule has 1 saturated heterocycles. The summed E-state index contributed by atoms with van der Waals surface area (Å²) in [5, 5.41) is 3.90. The van der Waals surface area contributed by atoms with E-state index >= 15 is 0 Å². The Balaban J connectivity index is 0.000000186. The number of aromatic nitrogens is 4. The molecule has 1 unspecified atom stereocenters. The van der Waals surface area contributed by atoms with E-state index in [4.69, 9.17) is 0 Å². The minimum Gasteiger partial charge on any atom is -0.369 e. The van der Waals surface area contributed by atoms with E-state index in [0.717, 1.165) is 52.9 Å². The summed E-state index contributed by atoms with van der Waals surface area (Å²) < 4.78 is 61.2. The maximum atomic E-state index is 12.2. The molecule has 0 aliphatic carbocycles. The number of sulfonamides is 2. The highest BCUT2D eigenvalue weighted by Gasteiger charge is 2.19. The number of hydrogen-bond donors (Lipinski definition) is 3. The lowest BCUT2D eigenvalue weighted by atomic mass is 10.2. The van der Waals surface area contributed by atoms with Gasteiger partial charge < -0.3 is 10.2 Å². The zero-order valence-electron chi connectivity index (χ0n) is 19.9. The van der Waals surface area contributed by atoms with E-state index in [0.29, 0.717) is 6.04 Å². The lowest BCUT2D eigenvalue weighted by Crippen LogP contribution is -2.49. The predicted molar refractivity (Wildman–Crippen MR) is 152 cm³/mol. The summed E-state index contributed by atoms with van der Waals surface area (Å²) in [6, 6.07) is 13.7. The van der Waals surface area contributed by atoms with Gasteiger partial charge in [0, 0.05) is 58.9 Å². The molecule has 1 fully saturated rings. The fourth-order valence-corrected chi connectivity index (χ4v) is 6.99. The number of halogens is 1. The Bertz CT molecular complexity index is 1520. The monoisotopic (exact) mass is 658 g/mol. The maximum Gasteiger partial charge on any atom is 0.263 e. The number of hydrogen-bond acceptors (Lipinski definition) is 12. The highest BCUT2D eigenvalue weighted by Crippen LogP contribution is 2.22. The first-order chi connectivity index (χ1) is 18.1. The lowest BCUT2D eigenvalue weighted by Gasteiger charge is -2.33. The van der Waals surface area contributed by atoms with Crippen LogP contribution in [0.1, 0.15) is 6.92 Å². The highest BCUT2D eigenvalue weighted by atomic mass is 79.9. The van der Waals surface area contributed by atoms with Crippen LogP contribution in [0.3, 0.4) is 0 Å². The molecule has 0 bridgehead atoms. The predicted octanol–water partition coefficient (Wildman–Crippen LogP) is 3.24. The van der Waals surface area contributed by atoms with Crippen LogP contribution in [0.2, 0.25) is 0 Å². The van der Waals surface area contributed by atoms with Crippen molar-refractivity contribution < 1.29 is 16.8 Å². The number of benzene rings is 2. The third-order valence-electron chi connectivity index (χ3n) is 5.17. The Morgan fingerprint density at radius 3 is 1.82 bits per heavy atom. The van der Waals surface area contributed by atoms with E-state index in [9.17, 15) is 16.8 Å². The largest absolute Gasteiger partial charge is 0.369 e. The molecule has 202 valence electrons. The molecular weight excluding hydrogens is 636 g/mol. The molecule has 0 saturated carbocycles. The van der Waals surface area contributed by atoms with Crippen molar-refractivity contribution in [2.24, 2.45) is 0 Å². The van der Waals surface area contributed by atoms with E-state index in [1.807, 2.05) is 12.1 Å². The Morgan fingerprint density at radius 1 is 0.868 bits per heavy atom. The summed E-state index contributed by atoms with van der Waals surface area (Å²) in [5.41, 5.74) is 1.03. The minimum absolute atomic E-state index is 0.186. The number of anilines is 3. The van der Waals surface area contributed by atoms with Gasteiger partial charge in [-0.3, -0.25) is 9.44 Å². The number of nitrogens with zero attached hydrogens (tertiary/aromatic N) is 5. The molecule has 1 atom stereocenters. The molecule has 38 heavy (non-hydrogen) atoms. The molecule has 0 amide bonds. The van der Waals surface area contributed by atoms with Crippen molar-refractivity contribution >= 4 is 75.0 Å². The quantitative estimate of drug-likeness (QED) is 0.269. The van der Waals surface area contributed by atoms with Gasteiger partial charge in [-0.25, -0.2) is 26.8 Å². The molecule has 3 N–H and O–H groups in total. The van der Waals surface area contributed by atoms with Crippen LogP contribution in [0, 0.1) is 0 Å². The van der Waals surface area contributed by atoms with E-state index in [2.05, 4.69) is 61.2 Å². The first-order valence-corrected chi connectivity index (χ1v) is 16.4. The molecule has 17 heteroatoms. The topological polar surface area (TPSA) is 159 Å². The molecule has 5 rings (SSSR count). The zero-order chi connectivity index (χ0) is 27.2. The average molecular weight is 660 g/mol. The molecule has 1 aliphatic heterocycles. The summed E-state index contributed by atoms with van der Waals surface area (Å²) in [5.74, 6) is 0. The van der Waals surface area contributed by atoms with Crippen molar-refractivity contribution in [2.75, 3.05) is 34.0 Å². The van der Waals surface area contributed by atoms with Gasteiger partial charge in [0.15, 0.2) is 0 Å². The number of piperazine rings is 1. The van der Waals surface area contributed by atoms with Gasteiger partial charge in [-0.2, -0.15) is 8.75 Å². The van der Waals surface area contributed by atoms with Gasteiger partial charge in [-0.1, -0.05) is 15.9 Å². The Kier molecular flexibility index (Phi) is 9.27. The second-order valence-corrected chi connectivity index (χ2v) is 13.8. The van der Waals surface area contributed by atoms with E-state index < -0.39 is 20.0 Å². The summed E-state index contributed by atoms with van der Waals surface area (Å²) in [4.78, 5) is 10.2. The van der Waals surface area contributed by atoms with Crippen molar-refractivity contribution in [3.63, 3.8) is 0 Å². The molecule has 12 nitrogen and oxygen atoms in total. The summed E-state index contributed by atoms with van der Waals surface area (Å²) in [7, 11) is -7.18. The smallest absolute Gasteiger partial charge is 0.263 e. The Hall–Kier alpha value is -2.70. The summed E-state index contributed by atoms with van der Waals surface area (Å²) >= 11 is 5.23. The van der Waals surface area contributed by atoms with Gasteiger partial charge in [-0.15, -0.1) is 0 Å². The molecular formula is C21H23BrN8O4S4. The van der Waals surface area contributed by atoms with Crippen LogP contribution >= 0.6 is 39.0 Å². The van der Waals surface area contributed by atoms with Crippen molar-refractivity contribution in [3.05, 3.63) is 65.7 Å². The van der Waals surface area contributed by atoms with Crippen molar-refractivity contribution in [1.29, 1.82) is 0 Å². The summed E-state index contributed by atoms with van der Waals surface area (Å²) in [6.07, 6.45) is 2.61. The van der Waals surface area contributed by atoms with E-state index in [1.165, 1.54) is 24.8 Å². The van der Waals surface area contributed by atoms with Crippen LogP contribution in [0.25, 0.3) is 0 Å². The molecule has 2 aromatic heterocycles. The number of rotatable bonds is 7. The Labute approximate surface area is 237 Å². The molecule has 0 spiro atoms. The molecule has 2 aromatic carbocycles. The third-order valence-corrected chi connectivity index (χ3v) is 9.83. The average Bonchev–Trinajstić information content (AvgIpc) is 3.59. The van der Waals surface area contributed by atoms with Crippen LogP contribution in [-0.2, 0) is 20.0 Å². The Morgan fingerprint density at radius 2 is 1.37 bits per heavy atom. The van der Waals surface area contributed by atoms with Crippen molar-refractivity contribution in [1.82, 2.24) is 24.0 Å². The highest BCUT2D eigenvalue weighted by molar-refractivity contribution is 9.10. The second kappa shape index (κ2) is 12.4. The van der Waals surface area contributed by atoms with Gasteiger partial charge in [0.05, 0.1) is 9.79 Å². The van der Waals surface area contributed by atoms with Crippen LogP contribution in [0.5, 0.6) is 0 Å².